The summed E-state index contributed by atoms with van der Waals surface area (Å²) in [5.41, 5.74) is 25.6. The first-order valence-electron chi connectivity index (χ1n) is 30.8. The van der Waals surface area contributed by atoms with E-state index in [2.05, 4.69) is 214 Å². The monoisotopic (exact) mass is 1030 g/mol. The molecule has 2 aliphatic heterocycles. The van der Waals surface area contributed by atoms with E-state index in [9.17, 15) is 4.11 Å². The lowest BCUT2D eigenvalue weighted by atomic mass is 9.36. The van der Waals surface area contributed by atoms with Crippen molar-refractivity contribution >= 4 is 78.0 Å². The van der Waals surface area contributed by atoms with Gasteiger partial charge in [-0.3, -0.25) is 0 Å². The Kier molecular flexibility index (Phi) is 9.32. The Morgan fingerprint density at radius 3 is 1.83 bits per heavy atom. The first-order valence-corrected chi connectivity index (χ1v) is 30.1. The topological polar surface area (TPSA) is 6.48 Å². The predicted molar refractivity (Wildman–Crippen MR) is 331 cm³/mol. The van der Waals surface area contributed by atoms with Crippen LogP contribution >= 0.6 is 11.3 Å². The molecule has 0 saturated heterocycles. The Labute approximate surface area is 468 Å². The van der Waals surface area contributed by atoms with Crippen molar-refractivity contribution in [1.82, 2.24) is 0 Å². The molecule has 4 bridgehead atoms. The summed E-state index contributed by atoms with van der Waals surface area (Å²) in [6.07, 6.45) is 8.95. The van der Waals surface area contributed by atoms with Gasteiger partial charge < -0.3 is 9.80 Å². The van der Waals surface area contributed by atoms with Crippen molar-refractivity contribution in [3.8, 4) is 22.3 Å². The van der Waals surface area contributed by atoms with Crippen LogP contribution in [-0.4, -0.2) is 6.71 Å². The largest absolute Gasteiger partial charge is 0.311 e. The highest BCUT2D eigenvalue weighted by Crippen LogP contribution is 2.70. The number of hydrogen-bond donors (Lipinski definition) is 0. The van der Waals surface area contributed by atoms with Crippen molar-refractivity contribution in [2.45, 2.75) is 162 Å². The minimum atomic E-state index is -2.38. The van der Waals surface area contributed by atoms with Crippen molar-refractivity contribution in [3.63, 3.8) is 0 Å². The number of thiophene rings is 1. The molecule has 2 nitrogen and oxygen atoms in total. The number of hydrogen-bond acceptors (Lipinski definition) is 3. The van der Waals surface area contributed by atoms with Gasteiger partial charge in [-0.2, -0.15) is 0 Å². The van der Waals surface area contributed by atoms with E-state index >= 15 is 0 Å². The molecule has 0 unspecified atom stereocenters. The number of nitrogens with zero attached hydrogens (tertiary/aromatic N) is 2. The summed E-state index contributed by atoms with van der Waals surface area (Å²) in [6.45, 7) is 25.6. The molecule has 388 valence electrons. The molecule has 77 heavy (non-hydrogen) atoms. The van der Waals surface area contributed by atoms with Gasteiger partial charge >= 0.3 is 0 Å². The Bertz CT molecular complexity index is 3920. The average molecular weight is 1030 g/mol. The molecule has 0 amide bonds. The predicted octanol–water partition coefficient (Wildman–Crippen LogP) is 18.2. The third-order valence-electron chi connectivity index (χ3n) is 21.1. The fourth-order valence-electron chi connectivity index (χ4n) is 17.5. The Morgan fingerprint density at radius 1 is 0.571 bits per heavy atom. The van der Waals surface area contributed by atoms with Crippen LogP contribution in [0.15, 0.2) is 121 Å². The molecule has 0 atom stereocenters. The zero-order chi connectivity index (χ0) is 55.7. The van der Waals surface area contributed by atoms with Crippen LogP contribution in [0, 0.1) is 44.4 Å². The summed E-state index contributed by atoms with van der Waals surface area (Å²) in [5, 5.41) is 1.25. The Hall–Kier alpha value is -5.84. The van der Waals surface area contributed by atoms with E-state index in [1.807, 2.05) is 11.3 Å². The first kappa shape index (κ1) is 45.1. The zero-order valence-electron chi connectivity index (χ0n) is 50.7. The molecule has 4 saturated carbocycles. The molecule has 1 aromatic heterocycles. The van der Waals surface area contributed by atoms with Gasteiger partial charge in [0.25, 0.3) is 6.71 Å². The third kappa shape index (κ3) is 6.73. The van der Waals surface area contributed by atoms with Gasteiger partial charge in [-0.15, -0.1) is 11.3 Å². The molecule has 0 radical (unpaired) electrons. The van der Waals surface area contributed by atoms with Gasteiger partial charge in [0.15, 0.2) is 0 Å². The van der Waals surface area contributed by atoms with Crippen molar-refractivity contribution in [2.75, 3.05) is 9.80 Å². The van der Waals surface area contributed by atoms with Gasteiger partial charge in [0.1, 0.15) is 0 Å². The lowest BCUT2D eigenvalue weighted by Gasteiger charge is -2.61. The molecule has 4 heteroatoms. The van der Waals surface area contributed by atoms with E-state index in [1.54, 1.807) is 5.56 Å². The van der Waals surface area contributed by atoms with E-state index in [1.165, 1.54) is 125 Å². The molecule has 7 aromatic carbocycles. The van der Waals surface area contributed by atoms with Crippen molar-refractivity contribution in [1.29, 1.82) is 0 Å². The first-order chi connectivity index (χ1) is 37.8. The second kappa shape index (κ2) is 15.9. The maximum atomic E-state index is 9.38. The van der Waals surface area contributed by atoms with Crippen LogP contribution in [-0.2, 0) is 27.1 Å². The van der Waals surface area contributed by atoms with Crippen LogP contribution in [0.2, 0.25) is 0 Å². The molecular formula is C73H77BN2S. The molecule has 1 spiro atoms. The SMILES string of the molecule is [2H]C([2H])([2H])c1cc2c3c(c1)N(c1ccc(-c4c(C)cc(C(C)(C)C)cc4C)cc1)c1c(sc4cc5c(cc14)C(C)(C)CCC5(C)C)B3c1ccc(C(C)(C)C)cc1N2c1ccc2c(c1)C1(c3ccccc3-2)C2CC3CC(C2)CC1C3. The second-order valence-corrected chi connectivity index (χ2v) is 29.8. The van der Waals surface area contributed by atoms with Crippen molar-refractivity contribution < 1.29 is 4.11 Å². The number of fused-ring (bicyclic) bond motifs is 10. The number of anilines is 6. The lowest BCUT2D eigenvalue weighted by molar-refractivity contribution is -0.0399. The second-order valence-electron chi connectivity index (χ2n) is 28.8. The van der Waals surface area contributed by atoms with Crippen molar-refractivity contribution in [3.05, 3.63) is 171 Å². The summed E-state index contributed by atoms with van der Waals surface area (Å²) in [6, 6.07) is 47.4. The van der Waals surface area contributed by atoms with Crippen LogP contribution in [0.1, 0.15) is 168 Å². The van der Waals surface area contributed by atoms with Crippen LogP contribution in [0.25, 0.3) is 32.3 Å². The van der Waals surface area contributed by atoms with Crippen LogP contribution < -0.4 is 25.5 Å². The summed E-state index contributed by atoms with van der Waals surface area (Å²) in [7, 11) is 0. The standard InChI is InChI=1S/C73H77BN2S/c1-41-28-62-66-63(29-41)76(51-21-18-46(19-22-51)65-42(2)30-48(31-43(65)3)70(7,8)9)67-55-39-58-59(72(12,13)27-26-71(58,10)11)40-64(55)77-68(67)74(66)60-25-20-47(69(4,5)6)37-61(60)75(62)52-23-24-54-53-16-14-15-17-56(53)73(57(54)38-52)49-33-44-32-45(35-49)36-50(73)34-44/h14-25,28-31,37-40,44-45,49-50H,26-27,32-36H2,1-13H3/i1D3. The van der Waals surface area contributed by atoms with E-state index in [0.29, 0.717) is 17.4 Å². The fraction of sp³-hybridized carbons (Fsp3) is 0.397. The van der Waals surface area contributed by atoms with Crippen molar-refractivity contribution in [2.24, 2.45) is 23.7 Å². The molecule has 0 N–H and O–H groups in total. The molecule has 4 fully saturated rings. The quantitative estimate of drug-likeness (QED) is 0.163. The zero-order valence-corrected chi connectivity index (χ0v) is 48.5. The maximum Gasteiger partial charge on any atom is 0.264 e. The highest BCUT2D eigenvalue weighted by molar-refractivity contribution is 7.33. The molecular weight excluding hydrogens is 948 g/mol. The van der Waals surface area contributed by atoms with Gasteiger partial charge in [0.2, 0.25) is 0 Å². The highest BCUT2D eigenvalue weighted by atomic mass is 32.1. The summed E-state index contributed by atoms with van der Waals surface area (Å²) in [5.74, 6) is 2.93. The fourth-order valence-corrected chi connectivity index (χ4v) is 18.8. The van der Waals surface area contributed by atoms with Crippen LogP contribution in [0.5, 0.6) is 0 Å². The van der Waals surface area contributed by atoms with Crippen LogP contribution in [0.4, 0.5) is 34.1 Å². The Morgan fingerprint density at radius 2 is 1.18 bits per heavy atom. The minimum absolute atomic E-state index is 0.000536. The van der Waals surface area contributed by atoms with Crippen LogP contribution in [0.3, 0.4) is 0 Å². The van der Waals surface area contributed by atoms with Gasteiger partial charge in [0.05, 0.1) is 5.69 Å². The highest BCUT2D eigenvalue weighted by Gasteiger charge is 2.62. The summed E-state index contributed by atoms with van der Waals surface area (Å²) >= 11 is 1.96. The molecule has 6 aliphatic carbocycles. The molecule has 16 rings (SSSR count). The Balaban J connectivity index is 1.01. The van der Waals surface area contributed by atoms with Gasteiger partial charge in [-0.05, 0) is 249 Å². The van der Waals surface area contributed by atoms with Gasteiger partial charge in [-0.1, -0.05) is 136 Å². The van der Waals surface area contributed by atoms with E-state index in [0.717, 1.165) is 53.1 Å². The summed E-state index contributed by atoms with van der Waals surface area (Å²) < 4.78 is 30.7. The number of aryl methyl sites for hydroxylation is 3. The number of benzene rings is 7. The normalized spacial score (nSPS) is 24.5. The van der Waals surface area contributed by atoms with E-state index in [4.69, 9.17) is 0 Å². The molecule has 8 aliphatic rings. The van der Waals surface area contributed by atoms with E-state index < -0.39 is 6.85 Å². The average Bonchev–Trinajstić information content (AvgIpc) is 2.24. The van der Waals surface area contributed by atoms with E-state index in [-0.39, 0.29) is 33.8 Å². The van der Waals surface area contributed by atoms with Gasteiger partial charge in [-0.25, -0.2) is 0 Å². The lowest BCUT2D eigenvalue weighted by Crippen LogP contribution is -2.60. The maximum absolute atomic E-state index is 9.38. The molecule has 8 aromatic rings. The smallest absolute Gasteiger partial charge is 0.264 e. The third-order valence-corrected chi connectivity index (χ3v) is 22.3. The molecule has 3 heterocycles. The van der Waals surface area contributed by atoms with Gasteiger partial charge in [0, 0.05) is 52.8 Å². The number of rotatable bonds is 3. The minimum Gasteiger partial charge on any atom is -0.311 e. The summed E-state index contributed by atoms with van der Waals surface area (Å²) in [4.78, 5) is 5.02.